The van der Waals surface area contributed by atoms with Gasteiger partial charge in [0.25, 0.3) is 0 Å². The van der Waals surface area contributed by atoms with Gasteiger partial charge in [-0.1, -0.05) is 13.8 Å². The monoisotopic (exact) mass is 388 g/mol. The maximum absolute atomic E-state index is 15.3. The van der Waals surface area contributed by atoms with E-state index in [2.05, 4.69) is 0 Å². The molecule has 2 aliphatic heterocycles. The molecule has 1 unspecified atom stereocenters. The molecule has 1 aromatic carbocycles. The van der Waals surface area contributed by atoms with Crippen molar-refractivity contribution in [3.05, 3.63) is 39.4 Å². The van der Waals surface area contributed by atoms with Crippen LogP contribution in [0.5, 0.6) is 0 Å². The highest BCUT2D eigenvalue weighted by Crippen LogP contribution is 2.41. The molecule has 6 nitrogen and oxygen atoms in total. The number of aromatic nitrogens is 1. The third kappa shape index (κ3) is 2.71. The fourth-order valence-corrected chi connectivity index (χ4v) is 4.66. The summed E-state index contributed by atoms with van der Waals surface area (Å²) in [6.45, 7) is 6.95. The average molecular weight is 388 g/mol. The number of hydrogen-bond donors (Lipinski definition) is 2. The summed E-state index contributed by atoms with van der Waals surface area (Å²) in [7, 11) is 0. The number of anilines is 1. The van der Waals surface area contributed by atoms with Crippen LogP contribution in [-0.2, 0) is 6.42 Å². The molecule has 2 aromatic rings. The molecule has 0 spiro atoms. The van der Waals surface area contributed by atoms with Crippen LogP contribution in [-0.4, -0.2) is 39.9 Å². The van der Waals surface area contributed by atoms with Gasteiger partial charge in [0.15, 0.2) is 0 Å². The van der Waals surface area contributed by atoms with E-state index in [1.807, 2.05) is 30.2 Å². The number of halogens is 1. The van der Waals surface area contributed by atoms with E-state index in [-0.39, 0.29) is 22.4 Å². The van der Waals surface area contributed by atoms with Crippen molar-refractivity contribution in [3.63, 3.8) is 0 Å². The zero-order chi connectivity index (χ0) is 20.4. The van der Waals surface area contributed by atoms with Gasteiger partial charge >= 0.3 is 5.97 Å². The van der Waals surface area contributed by atoms with Gasteiger partial charge in [-0.2, -0.15) is 0 Å². The van der Waals surface area contributed by atoms with Crippen molar-refractivity contribution in [1.82, 2.24) is 4.57 Å². The third-order valence-electron chi connectivity index (χ3n) is 6.35. The van der Waals surface area contributed by atoms with Crippen LogP contribution in [0.3, 0.4) is 0 Å². The maximum atomic E-state index is 15.3. The number of carboxylic acids is 1. The van der Waals surface area contributed by atoms with Crippen molar-refractivity contribution >= 4 is 22.6 Å². The molecule has 150 valence electrons. The number of carboxylic acid groups (broad SMARTS) is 1. The quantitative estimate of drug-likeness (QED) is 0.827. The number of aliphatic hydroxyl groups is 1. The molecule has 3 heterocycles. The zero-order valence-electron chi connectivity index (χ0n) is 16.3. The van der Waals surface area contributed by atoms with E-state index in [1.165, 1.54) is 12.3 Å². The lowest BCUT2D eigenvalue weighted by atomic mass is 9.80. The van der Waals surface area contributed by atoms with Gasteiger partial charge < -0.3 is 19.7 Å². The second kappa shape index (κ2) is 6.30. The molecule has 2 aliphatic rings. The van der Waals surface area contributed by atoms with E-state index in [1.54, 1.807) is 0 Å². The average Bonchev–Trinajstić information content (AvgIpc) is 2.61. The summed E-state index contributed by atoms with van der Waals surface area (Å²) in [5.41, 5.74) is 0.524. The van der Waals surface area contributed by atoms with Gasteiger partial charge in [0.1, 0.15) is 11.4 Å². The highest BCUT2D eigenvalue weighted by Gasteiger charge is 2.37. The SMILES string of the molecule is C[C@H]1CCc2c(N3CCC(O)C(C)(C)C3)c(F)cc3c(=O)c(C(=O)O)cn1c23. The van der Waals surface area contributed by atoms with Gasteiger partial charge in [-0.25, -0.2) is 9.18 Å². The maximum Gasteiger partial charge on any atom is 0.341 e. The molecule has 0 aliphatic carbocycles. The first-order chi connectivity index (χ1) is 13.1. The van der Waals surface area contributed by atoms with Crippen LogP contribution in [0.2, 0.25) is 0 Å². The number of aliphatic hydroxyl groups excluding tert-OH is 1. The number of pyridine rings is 1. The summed E-state index contributed by atoms with van der Waals surface area (Å²) in [5.74, 6) is -1.80. The normalized spacial score (nSPS) is 23.8. The van der Waals surface area contributed by atoms with E-state index in [0.29, 0.717) is 37.1 Å². The second-order valence-corrected chi connectivity index (χ2v) is 8.77. The van der Waals surface area contributed by atoms with Crippen molar-refractivity contribution in [2.24, 2.45) is 5.41 Å². The predicted molar refractivity (Wildman–Crippen MR) is 105 cm³/mol. The van der Waals surface area contributed by atoms with Crippen LogP contribution in [0.25, 0.3) is 10.9 Å². The smallest absolute Gasteiger partial charge is 0.341 e. The van der Waals surface area contributed by atoms with Crippen LogP contribution in [0.15, 0.2) is 17.1 Å². The molecular weight excluding hydrogens is 363 g/mol. The zero-order valence-corrected chi connectivity index (χ0v) is 16.3. The molecule has 0 radical (unpaired) electrons. The van der Waals surface area contributed by atoms with Gasteiger partial charge in [0.05, 0.1) is 17.3 Å². The van der Waals surface area contributed by atoms with Gasteiger partial charge in [0.2, 0.25) is 5.43 Å². The summed E-state index contributed by atoms with van der Waals surface area (Å²) < 4.78 is 17.1. The topological polar surface area (TPSA) is 82.8 Å². The highest BCUT2D eigenvalue weighted by atomic mass is 19.1. The lowest BCUT2D eigenvalue weighted by Crippen LogP contribution is -2.49. The number of benzene rings is 1. The van der Waals surface area contributed by atoms with Crippen molar-refractivity contribution in [2.45, 2.75) is 52.2 Å². The number of hydrogen-bond acceptors (Lipinski definition) is 4. The summed E-state index contributed by atoms with van der Waals surface area (Å²) in [5, 5.41) is 19.8. The second-order valence-electron chi connectivity index (χ2n) is 8.77. The summed E-state index contributed by atoms with van der Waals surface area (Å²) in [6, 6.07) is 1.21. The molecule has 28 heavy (non-hydrogen) atoms. The van der Waals surface area contributed by atoms with Crippen molar-refractivity contribution in [3.8, 4) is 0 Å². The van der Waals surface area contributed by atoms with E-state index >= 15 is 4.39 Å². The Labute approximate surface area is 162 Å². The number of piperidine rings is 1. The minimum absolute atomic E-state index is 0.0200. The molecule has 0 amide bonds. The van der Waals surface area contributed by atoms with Crippen LogP contribution >= 0.6 is 0 Å². The number of nitrogens with zero attached hydrogens (tertiary/aromatic N) is 2. The van der Waals surface area contributed by atoms with E-state index < -0.39 is 23.3 Å². The lowest BCUT2D eigenvalue weighted by Gasteiger charge is -2.44. The lowest BCUT2D eigenvalue weighted by molar-refractivity contribution is 0.0334. The summed E-state index contributed by atoms with van der Waals surface area (Å²) in [4.78, 5) is 26.2. The van der Waals surface area contributed by atoms with E-state index in [9.17, 15) is 19.8 Å². The molecule has 2 atom stereocenters. The molecule has 4 rings (SSSR count). The third-order valence-corrected chi connectivity index (χ3v) is 6.35. The Balaban J connectivity index is 1.99. The minimum Gasteiger partial charge on any atom is -0.477 e. The number of carbonyl (C=O) groups is 1. The molecular formula is C21H25FN2O4. The first kappa shape index (κ1) is 18.9. The van der Waals surface area contributed by atoms with Crippen LogP contribution in [0.4, 0.5) is 10.1 Å². The fraction of sp³-hybridized carbons (Fsp3) is 0.524. The predicted octanol–water partition coefficient (Wildman–Crippen LogP) is 2.94. The molecule has 0 bridgehead atoms. The van der Waals surface area contributed by atoms with Crippen molar-refractivity contribution in [1.29, 1.82) is 0 Å². The molecule has 0 saturated carbocycles. The number of rotatable bonds is 2. The van der Waals surface area contributed by atoms with Crippen molar-refractivity contribution in [2.75, 3.05) is 18.0 Å². The Hall–Kier alpha value is -2.41. The Kier molecular flexibility index (Phi) is 4.26. The first-order valence-corrected chi connectivity index (χ1v) is 9.68. The number of aryl methyl sites for hydroxylation is 1. The summed E-state index contributed by atoms with van der Waals surface area (Å²) in [6.07, 6.45) is 2.85. The summed E-state index contributed by atoms with van der Waals surface area (Å²) >= 11 is 0. The van der Waals surface area contributed by atoms with Crippen LogP contribution < -0.4 is 10.3 Å². The van der Waals surface area contributed by atoms with Crippen molar-refractivity contribution < 1.29 is 19.4 Å². The van der Waals surface area contributed by atoms with Crippen LogP contribution in [0, 0.1) is 11.2 Å². The Morgan fingerprint density at radius 2 is 2.04 bits per heavy atom. The Morgan fingerprint density at radius 1 is 1.32 bits per heavy atom. The molecule has 1 fully saturated rings. The fourth-order valence-electron chi connectivity index (χ4n) is 4.66. The van der Waals surface area contributed by atoms with Gasteiger partial charge in [-0.05, 0) is 32.3 Å². The first-order valence-electron chi connectivity index (χ1n) is 9.68. The van der Waals surface area contributed by atoms with Gasteiger partial charge in [0, 0.05) is 41.7 Å². The van der Waals surface area contributed by atoms with Crippen LogP contribution in [0.1, 0.15) is 55.6 Å². The standard InChI is InChI=1S/C21H25FN2O4/c1-11-4-5-12-17-13(19(26)14(20(27)28)9-24(11)17)8-15(22)18(12)23-7-6-16(25)21(2,3)10-23/h8-9,11,16,25H,4-7,10H2,1-3H3,(H,27,28)/t11-,16?/m0/s1. The minimum atomic E-state index is -1.30. The molecule has 1 aromatic heterocycles. The Morgan fingerprint density at radius 3 is 2.68 bits per heavy atom. The van der Waals surface area contributed by atoms with Gasteiger partial charge in [-0.3, -0.25) is 4.79 Å². The largest absolute Gasteiger partial charge is 0.477 e. The molecule has 1 saturated heterocycles. The molecule has 2 N–H and O–H groups in total. The van der Waals surface area contributed by atoms with E-state index in [4.69, 9.17) is 0 Å². The highest BCUT2D eigenvalue weighted by molar-refractivity contribution is 5.95. The van der Waals surface area contributed by atoms with Gasteiger partial charge in [-0.15, -0.1) is 0 Å². The number of aromatic carboxylic acids is 1. The van der Waals surface area contributed by atoms with E-state index in [0.717, 1.165) is 12.0 Å². The molecule has 7 heteroatoms. The Bertz CT molecular complexity index is 1040.